The molecular formula is C17H21FN2. The van der Waals surface area contributed by atoms with E-state index in [1.54, 1.807) is 6.07 Å². The summed E-state index contributed by atoms with van der Waals surface area (Å²) in [5, 5.41) is 3.17. The van der Waals surface area contributed by atoms with E-state index in [-0.39, 0.29) is 11.9 Å². The van der Waals surface area contributed by atoms with Gasteiger partial charge in [0.05, 0.1) is 5.69 Å². The van der Waals surface area contributed by atoms with E-state index < -0.39 is 0 Å². The van der Waals surface area contributed by atoms with Crippen LogP contribution < -0.4 is 10.2 Å². The Morgan fingerprint density at radius 1 is 1.15 bits per heavy atom. The lowest BCUT2D eigenvalue weighted by Gasteiger charge is -2.26. The largest absolute Gasteiger partial charge is 0.342 e. The molecule has 0 radical (unpaired) electrons. The van der Waals surface area contributed by atoms with Crippen LogP contribution in [0.5, 0.6) is 0 Å². The van der Waals surface area contributed by atoms with Crippen molar-refractivity contribution in [2.45, 2.75) is 19.9 Å². The van der Waals surface area contributed by atoms with Gasteiger partial charge in [-0.25, -0.2) is 4.39 Å². The highest BCUT2D eigenvalue weighted by atomic mass is 19.1. The second-order valence-electron chi connectivity index (χ2n) is 5.09. The number of benzene rings is 2. The van der Waals surface area contributed by atoms with Crippen LogP contribution in [0.3, 0.4) is 0 Å². The third-order valence-electron chi connectivity index (χ3n) is 3.64. The van der Waals surface area contributed by atoms with E-state index in [1.165, 1.54) is 6.07 Å². The highest BCUT2D eigenvalue weighted by Gasteiger charge is 2.17. The van der Waals surface area contributed by atoms with E-state index in [1.807, 2.05) is 57.1 Å². The Kier molecular flexibility index (Phi) is 4.40. The maximum atomic E-state index is 14.3. The first-order valence-corrected chi connectivity index (χ1v) is 6.80. The van der Waals surface area contributed by atoms with Gasteiger partial charge in [0, 0.05) is 18.8 Å². The monoisotopic (exact) mass is 272 g/mol. The summed E-state index contributed by atoms with van der Waals surface area (Å²) in [5.74, 6) is -0.200. The lowest BCUT2D eigenvalue weighted by molar-refractivity contribution is 0.608. The van der Waals surface area contributed by atoms with Crippen LogP contribution in [0.2, 0.25) is 0 Å². The summed E-state index contributed by atoms with van der Waals surface area (Å²) < 4.78 is 14.3. The fraction of sp³-hybridized carbons (Fsp3) is 0.294. The molecule has 0 bridgehead atoms. The van der Waals surface area contributed by atoms with Crippen LogP contribution in [0.25, 0.3) is 0 Å². The minimum Gasteiger partial charge on any atom is -0.342 e. The highest BCUT2D eigenvalue weighted by molar-refractivity contribution is 5.67. The molecule has 106 valence electrons. The van der Waals surface area contributed by atoms with Crippen LogP contribution in [-0.2, 0) is 0 Å². The number of rotatable bonds is 4. The van der Waals surface area contributed by atoms with Gasteiger partial charge in [-0.1, -0.05) is 24.3 Å². The van der Waals surface area contributed by atoms with E-state index >= 15 is 0 Å². The highest BCUT2D eigenvalue weighted by Crippen LogP contribution is 2.33. The molecule has 0 fully saturated rings. The first-order valence-electron chi connectivity index (χ1n) is 6.80. The molecule has 0 spiro atoms. The SMILES string of the molecule is CNC(C)c1cccc(F)c1N(C)c1cccc(C)c1. The summed E-state index contributed by atoms with van der Waals surface area (Å²) in [6, 6.07) is 13.4. The van der Waals surface area contributed by atoms with Gasteiger partial charge in [0.1, 0.15) is 5.82 Å². The van der Waals surface area contributed by atoms with Crippen molar-refractivity contribution < 1.29 is 4.39 Å². The molecule has 0 amide bonds. The number of nitrogens with zero attached hydrogens (tertiary/aromatic N) is 1. The van der Waals surface area contributed by atoms with E-state index in [2.05, 4.69) is 11.4 Å². The number of para-hydroxylation sites is 1. The Labute approximate surface area is 120 Å². The number of aryl methyl sites for hydroxylation is 1. The van der Waals surface area contributed by atoms with Gasteiger partial charge in [-0.2, -0.15) is 0 Å². The van der Waals surface area contributed by atoms with Gasteiger partial charge in [-0.3, -0.25) is 0 Å². The lowest BCUT2D eigenvalue weighted by atomic mass is 10.0. The van der Waals surface area contributed by atoms with Crippen LogP contribution in [0.15, 0.2) is 42.5 Å². The summed E-state index contributed by atoms with van der Waals surface area (Å²) >= 11 is 0. The predicted molar refractivity (Wildman–Crippen MR) is 83.1 cm³/mol. The van der Waals surface area contributed by atoms with Crippen molar-refractivity contribution in [1.82, 2.24) is 5.32 Å². The topological polar surface area (TPSA) is 15.3 Å². The Balaban J connectivity index is 2.51. The minimum absolute atomic E-state index is 0.0907. The average Bonchev–Trinajstić information content (AvgIpc) is 2.45. The molecule has 1 N–H and O–H groups in total. The summed E-state index contributed by atoms with van der Waals surface area (Å²) in [7, 11) is 3.78. The van der Waals surface area contributed by atoms with Crippen molar-refractivity contribution >= 4 is 11.4 Å². The molecule has 0 saturated carbocycles. The van der Waals surface area contributed by atoms with E-state index in [4.69, 9.17) is 0 Å². The summed E-state index contributed by atoms with van der Waals surface area (Å²) in [6.45, 7) is 4.07. The molecule has 0 aliphatic rings. The van der Waals surface area contributed by atoms with Crippen LogP contribution in [-0.4, -0.2) is 14.1 Å². The normalized spacial score (nSPS) is 12.2. The van der Waals surface area contributed by atoms with Crippen molar-refractivity contribution in [1.29, 1.82) is 0 Å². The summed E-state index contributed by atoms with van der Waals surface area (Å²) in [4.78, 5) is 1.91. The van der Waals surface area contributed by atoms with Crippen molar-refractivity contribution in [3.63, 3.8) is 0 Å². The molecule has 0 aliphatic heterocycles. The molecule has 2 aromatic rings. The zero-order valence-corrected chi connectivity index (χ0v) is 12.4. The molecule has 1 unspecified atom stereocenters. The zero-order valence-electron chi connectivity index (χ0n) is 12.4. The number of hydrogen-bond acceptors (Lipinski definition) is 2. The second-order valence-corrected chi connectivity index (χ2v) is 5.09. The molecule has 0 aliphatic carbocycles. The fourth-order valence-electron chi connectivity index (χ4n) is 2.36. The van der Waals surface area contributed by atoms with E-state index in [9.17, 15) is 4.39 Å². The quantitative estimate of drug-likeness (QED) is 0.898. The molecule has 3 heteroatoms. The van der Waals surface area contributed by atoms with Crippen LogP contribution in [0.4, 0.5) is 15.8 Å². The Morgan fingerprint density at radius 3 is 2.50 bits per heavy atom. The maximum absolute atomic E-state index is 14.3. The molecule has 20 heavy (non-hydrogen) atoms. The molecule has 0 saturated heterocycles. The van der Waals surface area contributed by atoms with Gasteiger partial charge < -0.3 is 10.2 Å². The Morgan fingerprint density at radius 2 is 1.85 bits per heavy atom. The van der Waals surface area contributed by atoms with Crippen LogP contribution >= 0.6 is 0 Å². The molecule has 2 rings (SSSR count). The predicted octanol–water partition coefficient (Wildman–Crippen LogP) is 4.18. The number of hydrogen-bond donors (Lipinski definition) is 1. The van der Waals surface area contributed by atoms with Crippen molar-refractivity contribution in [3.8, 4) is 0 Å². The lowest BCUT2D eigenvalue weighted by Crippen LogP contribution is -2.19. The molecule has 2 nitrogen and oxygen atoms in total. The van der Waals surface area contributed by atoms with E-state index in [0.717, 1.165) is 16.8 Å². The molecule has 0 heterocycles. The fourth-order valence-corrected chi connectivity index (χ4v) is 2.36. The van der Waals surface area contributed by atoms with Crippen molar-refractivity contribution in [2.75, 3.05) is 19.0 Å². The smallest absolute Gasteiger partial charge is 0.147 e. The van der Waals surface area contributed by atoms with Crippen LogP contribution in [0.1, 0.15) is 24.1 Å². The Bertz CT molecular complexity index is 595. The summed E-state index contributed by atoms with van der Waals surface area (Å²) in [6.07, 6.45) is 0. The van der Waals surface area contributed by atoms with Crippen molar-refractivity contribution in [2.24, 2.45) is 0 Å². The van der Waals surface area contributed by atoms with Gasteiger partial charge in [-0.05, 0) is 50.2 Å². The molecule has 0 aromatic heterocycles. The number of halogens is 1. The van der Waals surface area contributed by atoms with Gasteiger partial charge in [0.15, 0.2) is 0 Å². The average molecular weight is 272 g/mol. The van der Waals surface area contributed by atoms with Crippen molar-refractivity contribution in [3.05, 3.63) is 59.4 Å². The standard InChI is InChI=1S/C17H21FN2/c1-12-7-5-8-14(11-12)20(4)17-15(13(2)19-3)9-6-10-16(17)18/h5-11,13,19H,1-4H3. The molecular weight excluding hydrogens is 251 g/mol. The number of nitrogens with one attached hydrogen (secondary N) is 1. The van der Waals surface area contributed by atoms with E-state index in [0.29, 0.717) is 5.69 Å². The zero-order chi connectivity index (χ0) is 14.7. The van der Waals surface area contributed by atoms with Gasteiger partial charge >= 0.3 is 0 Å². The molecule has 2 aromatic carbocycles. The first kappa shape index (κ1) is 14.5. The van der Waals surface area contributed by atoms with Gasteiger partial charge in [0.2, 0.25) is 0 Å². The van der Waals surface area contributed by atoms with Gasteiger partial charge in [-0.15, -0.1) is 0 Å². The maximum Gasteiger partial charge on any atom is 0.147 e. The Hall–Kier alpha value is -1.87. The van der Waals surface area contributed by atoms with Crippen LogP contribution in [0, 0.1) is 12.7 Å². The molecule has 1 atom stereocenters. The van der Waals surface area contributed by atoms with Gasteiger partial charge in [0.25, 0.3) is 0 Å². The first-order chi connectivity index (χ1) is 9.54. The third-order valence-corrected chi connectivity index (χ3v) is 3.64. The second kappa shape index (κ2) is 6.06. The number of anilines is 2. The minimum atomic E-state index is -0.200. The summed E-state index contributed by atoms with van der Waals surface area (Å²) in [5.41, 5.74) is 3.73. The third kappa shape index (κ3) is 2.83.